The van der Waals surface area contributed by atoms with Crippen molar-refractivity contribution in [2.75, 3.05) is 13.1 Å². The monoisotopic (exact) mass is 230 g/mol. The van der Waals surface area contributed by atoms with Gasteiger partial charge >= 0.3 is 59.6 Å². The molecule has 0 aromatic heterocycles. The Balaban J connectivity index is -0.000000173. The summed E-state index contributed by atoms with van der Waals surface area (Å²) in [4.78, 5) is 16.1. The molecule has 6 heteroatoms. The van der Waals surface area contributed by atoms with Gasteiger partial charge in [-0.2, -0.15) is 0 Å². The molecule has 0 atom stereocenters. The van der Waals surface area contributed by atoms with Crippen LogP contribution < -0.4 is 51.4 Å². The van der Waals surface area contributed by atoms with Gasteiger partial charge in [0, 0.05) is 4.57 Å². The summed E-state index contributed by atoms with van der Waals surface area (Å²) in [6.07, 6.45) is 3.63. The minimum Gasteiger partial charge on any atom is -0.453 e. The molecule has 0 fully saturated rings. The van der Waals surface area contributed by atoms with E-state index in [-0.39, 0.29) is 51.4 Å². The summed E-state index contributed by atoms with van der Waals surface area (Å²) in [7, 11) is 0.838. The van der Waals surface area contributed by atoms with Crippen molar-refractivity contribution in [1.82, 2.24) is 4.90 Å². The number of rotatable bonds is 4. The SMILES string of the molecule is C=CCN([CH2-])CC=C.O=[P+](O)O.[K+]. The normalized spacial score (nSPS) is 7.69. The van der Waals surface area contributed by atoms with Crippen molar-refractivity contribution in [2.24, 2.45) is 0 Å². The molecule has 0 aliphatic carbocycles. The molecule has 13 heavy (non-hydrogen) atoms. The van der Waals surface area contributed by atoms with Crippen molar-refractivity contribution in [2.45, 2.75) is 0 Å². The third-order valence-electron chi connectivity index (χ3n) is 0.775. The average molecular weight is 230 g/mol. The van der Waals surface area contributed by atoms with Crippen LogP contribution in [0.1, 0.15) is 0 Å². The van der Waals surface area contributed by atoms with Gasteiger partial charge in [-0.05, 0) is 13.1 Å². The van der Waals surface area contributed by atoms with Crippen molar-refractivity contribution in [1.29, 1.82) is 0 Å². The van der Waals surface area contributed by atoms with Crippen molar-refractivity contribution in [3.8, 4) is 0 Å². The maximum atomic E-state index is 8.70. The minimum absolute atomic E-state index is 0. The smallest absolute Gasteiger partial charge is 0.453 e. The first-order valence-corrected chi connectivity index (χ1v) is 4.33. The molecule has 0 aliphatic rings. The minimum atomic E-state index is -2.87. The van der Waals surface area contributed by atoms with Crippen LogP contribution in [-0.4, -0.2) is 27.8 Å². The number of hydrogen-bond donors (Lipinski definition) is 2. The number of hydrogen-bond acceptors (Lipinski definition) is 2. The van der Waals surface area contributed by atoms with Crippen molar-refractivity contribution in [3.05, 3.63) is 32.4 Å². The summed E-state index contributed by atoms with van der Waals surface area (Å²) in [5.41, 5.74) is 0. The molecule has 0 aromatic carbocycles. The Hall–Kier alpha value is 1.10. The fourth-order valence-corrected chi connectivity index (χ4v) is 0.440. The molecule has 70 valence electrons. The summed E-state index contributed by atoms with van der Waals surface area (Å²) in [5, 5.41) is 0. The Morgan fingerprint density at radius 1 is 1.31 bits per heavy atom. The molecule has 0 spiro atoms. The molecule has 0 bridgehead atoms. The largest absolute Gasteiger partial charge is 1.00 e. The number of nitrogens with zero attached hydrogens (tertiary/aromatic N) is 1. The van der Waals surface area contributed by atoms with E-state index in [0.29, 0.717) is 0 Å². The van der Waals surface area contributed by atoms with E-state index in [4.69, 9.17) is 14.4 Å². The Morgan fingerprint density at radius 2 is 1.54 bits per heavy atom. The van der Waals surface area contributed by atoms with E-state index in [1.165, 1.54) is 0 Å². The van der Waals surface area contributed by atoms with Crippen LogP contribution in [0, 0.1) is 7.05 Å². The molecule has 0 unspecified atom stereocenters. The van der Waals surface area contributed by atoms with Crippen LogP contribution in [0.15, 0.2) is 25.3 Å². The third kappa shape index (κ3) is 32.0. The molecular formula is C7H14KNO3P+. The van der Waals surface area contributed by atoms with E-state index < -0.39 is 8.25 Å². The Bertz CT molecular complexity index is 141. The molecule has 0 rings (SSSR count). The fraction of sp³-hybridized carbons (Fsp3) is 0.286. The summed E-state index contributed by atoms with van der Waals surface area (Å²) >= 11 is 0. The van der Waals surface area contributed by atoms with Gasteiger partial charge < -0.3 is 4.90 Å². The Morgan fingerprint density at radius 3 is 1.69 bits per heavy atom. The van der Waals surface area contributed by atoms with Gasteiger partial charge in [0.25, 0.3) is 0 Å². The molecule has 2 N–H and O–H groups in total. The zero-order valence-electron chi connectivity index (χ0n) is 7.89. The quantitative estimate of drug-likeness (QED) is 0.256. The first kappa shape index (κ1) is 19.6. The Kier molecular flexibility index (Phi) is 23.5. The average Bonchev–Trinajstić information content (AvgIpc) is 1.87. The third-order valence-corrected chi connectivity index (χ3v) is 0.775. The predicted octanol–water partition coefficient (Wildman–Crippen LogP) is -1.92. The van der Waals surface area contributed by atoms with Crippen molar-refractivity contribution in [3.63, 3.8) is 0 Å². The van der Waals surface area contributed by atoms with Crippen molar-refractivity contribution >= 4 is 8.25 Å². The van der Waals surface area contributed by atoms with Crippen LogP contribution in [0.25, 0.3) is 0 Å². The van der Waals surface area contributed by atoms with Crippen LogP contribution >= 0.6 is 8.25 Å². The van der Waals surface area contributed by atoms with Crippen LogP contribution in [0.3, 0.4) is 0 Å². The molecule has 0 aromatic rings. The maximum absolute atomic E-state index is 8.70. The summed E-state index contributed by atoms with van der Waals surface area (Å²) in [6.45, 7) is 8.78. The van der Waals surface area contributed by atoms with Gasteiger partial charge in [0.05, 0.1) is 0 Å². The zero-order chi connectivity index (χ0) is 9.98. The fourth-order valence-electron chi connectivity index (χ4n) is 0.440. The molecule has 0 radical (unpaired) electrons. The molecule has 0 heterocycles. The molecular weight excluding hydrogens is 216 g/mol. The van der Waals surface area contributed by atoms with Gasteiger partial charge in [-0.15, -0.1) is 22.9 Å². The van der Waals surface area contributed by atoms with E-state index in [1.54, 1.807) is 0 Å². The van der Waals surface area contributed by atoms with E-state index in [1.807, 2.05) is 17.1 Å². The standard InChI is InChI=1S/C7H12N.K.HO3P/c1-4-6-8(3)7-5-2;;1-4(2)3/h4-5H,1-3,6-7H2;;(H-,1,2,3)/q-1;+1;/p+1. The molecule has 0 amide bonds. The summed E-state index contributed by atoms with van der Waals surface area (Å²) in [6, 6.07) is 0. The van der Waals surface area contributed by atoms with Gasteiger partial charge in [0.1, 0.15) is 0 Å². The van der Waals surface area contributed by atoms with Crippen LogP contribution in [0.2, 0.25) is 0 Å². The predicted molar refractivity (Wildman–Crippen MR) is 49.4 cm³/mol. The molecule has 4 nitrogen and oxygen atoms in total. The Labute approximate surface area is 123 Å². The van der Waals surface area contributed by atoms with Crippen LogP contribution in [0.5, 0.6) is 0 Å². The van der Waals surface area contributed by atoms with Gasteiger partial charge in [-0.1, -0.05) is 12.2 Å². The van der Waals surface area contributed by atoms with Gasteiger partial charge in [0.15, 0.2) is 0 Å². The first-order chi connectivity index (χ1) is 5.54. The topological polar surface area (TPSA) is 60.8 Å². The van der Waals surface area contributed by atoms with Gasteiger partial charge in [0.2, 0.25) is 0 Å². The summed E-state index contributed by atoms with van der Waals surface area (Å²) in [5.74, 6) is 0. The maximum Gasteiger partial charge on any atom is 1.00 e. The van der Waals surface area contributed by atoms with Gasteiger partial charge in [-0.25, -0.2) is 0 Å². The van der Waals surface area contributed by atoms with E-state index in [0.717, 1.165) is 13.1 Å². The zero-order valence-corrected chi connectivity index (χ0v) is 11.9. The molecule has 0 aliphatic heterocycles. The second kappa shape index (κ2) is 15.6. The van der Waals surface area contributed by atoms with E-state index in [2.05, 4.69) is 20.2 Å². The van der Waals surface area contributed by atoms with Crippen LogP contribution in [-0.2, 0) is 4.57 Å². The van der Waals surface area contributed by atoms with E-state index in [9.17, 15) is 0 Å². The summed E-state index contributed by atoms with van der Waals surface area (Å²) < 4.78 is 8.70. The van der Waals surface area contributed by atoms with Crippen LogP contribution in [0.4, 0.5) is 0 Å². The first-order valence-electron chi connectivity index (χ1n) is 3.16. The second-order valence-electron chi connectivity index (χ2n) is 1.87. The van der Waals surface area contributed by atoms with E-state index >= 15 is 0 Å². The van der Waals surface area contributed by atoms with Gasteiger partial charge in [-0.3, -0.25) is 7.05 Å². The molecule has 0 saturated carbocycles. The molecule has 0 saturated heterocycles. The second-order valence-corrected chi connectivity index (χ2v) is 2.37. The van der Waals surface area contributed by atoms with Crippen molar-refractivity contribution < 1.29 is 65.7 Å².